The number of halogens is 1. The van der Waals surface area contributed by atoms with Crippen LogP contribution in [0.3, 0.4) is 0 Å². The van der Waals surface area contributed by atoms with Gasteiger partial charge in [0.1, 0.15) is 0 Å². The first-order valence-corrected chi connectivity index (χ1v) is 12.0. The SMILES string of the molecule is COc1ccc(S(=O)(=O)Nc2nnc(SCc3cccc4ccccc34)s2)cc1F. The molecular weight excluding hydrogens is 445 g/mol. The van der Waals surface area contributed by atoms with E-state index in [2.05, 4.69) is 39.2 Å². The lowest BCUT2D eigenvalue weighted by atomic mass is 10.1. The fourth-order valence-corrected chi connectivity index (χ4v) is 5.85. The van der Waals surface area contributed by atoms with E-state index in [1.807, 2.05) is 18.2 Å². The van der Waals surface area contributed by atoms with E-state index in [0.717, 1.165) is 28.4 Å². The average molecular weight is 462 g/mol. The second-order valence-electron chi connectivity index (χ2n) is 6.20. The molecule has 1 aromatic heterocycles. The smallest absolute Gasteiger partial charge is 0.263 e. The van der Waals surface area contributed by atoms with Gasteiger partial charge in [0.15, 0.2) is 15.9 Å². The van der Waals surface area contributed by atoms with Gasteiger partial charge in [-0.1, -0.05) is 65.6 Å². The summed E-state index contributed by atoms with van der Waals surface area (Å²) in [7, 11) is -2.68. The van der Waals surface area contributed by atoms with Gasteiger partial charge in [0.2, 0.25) is 5.13 Å². The van der Waals surface area contributed by atoms with Crippen molar-refractivity contribution < 1.29 is 17.5 Å². The van der Waals surface area contributed by atoms with Gasteiger partial charge < -0.3 is 4.74 Å². The molecule has 3 aromatic carbocycles. The van der Waals surface area contributed by atoms with E-state index < -0.39 is 15.8 Å². The Bertz CT molecular complexity index is 1300. The third kappa shape index (κ3) is 4.40. The number of anilines is 1. The molecule has 10 heteroatoms. The molecule has 154 valence electrons. The summed E-state index contributed by atoms with van der Waals surface area (Å²) in [5.74, 6) is -0.118. The third-order valence-corrected chi connectivity index (χ3v) is 7.78. The molecule has 0 atom stereocenters. The highest BCUT2D eigenvalue weighted by Crippen LogP contribution is 2.32. The molecule has 0 saturated carbocycles. The summed E-state index contributed by atoms with van der Waals surface area (Å²) in [4.78, 5) is -0.221. The Morgan fingerprint density at radius 3 is 2.70 bits per heavy atom. The molecule has 0 bridgehead atoms. The number of benzene rings is 3. The Labute approximate surface area is 181 Å². The fourth-order valence-electron chi connectivity index (χ4n) is 2.86. The standard InChI is InChI=1S/C20H16FN3O3S3/c1-27-18-10-9-15(11-17(18)21)30(25,26)24-19-22-23-20(29-19)28-12-14-7-4-6-13-5-2-3-8-16(13)14/h2-11H,12H2,1H3,(H,22,24). The van der Waals surface area contributed by atoms with Crippen molar-refractivity contribution in [2.45, 2.75) is 15.0 Å². The van der Waals surface area contributed by atoms with Gasteiger partial charge in [-0.05, 0) is 34.5 Å². The maximum atomic E-state index is 13.9. The molecule has 6 nitrogen and oxygen atoms in total. The summed E-state index contributed by atoms with van der Waals surface area (Å²) in [6.07, 6.45) is 0. The average Bonchev–Trinajstić information content (AvgIpc) is 3.18. The van der Waals surface area contributed by atoms with Gasteiger partial charge in [0, 0.05) is 5.75 Å². The van der Waals surface area contributed by atoms with Gasteiger partial charge in [-0.15, -0.1) is 10.2 Å². The lowest BCUT2D eigenvalue weighted by Crippen LogP contribution is -2.13. The van der Waals surface area contributed by atoms with Crippen LogP contribution < -0.4 is 9.46 Å². The monoisotopic (exact) mass is 461 g/mol. The fraction of sp³-hybridized carbons (Fsp3) is 0.100. The molecule has 0 fully saturated rings. The number of aromatic nitrogens is 2. The number of ether oxygens (including phenoxy) is 1. The molecule has 0 aliphatic rings. The molecule has 30 heavy (non-hydrogen) atoms. The highest BCUT2D eigenvalue weighted by atomic mass is 32.2. The second-order valence-corrected chi connectivity index (χ2v) is 10.1. The summed E-state index contributed by atoms with van der Waals surface area (Å²) >= 11 is 2.59. The molecule has 0 saturated heterocycles. The first kappa shape index (κ1) is 20.6. The van der Waals surface area contributed by atoms with Crippen LogP contribution in [0.15, 0.2) is 69.9 Å². The van der Waals surface area contributed by atoms with Crippen LogP contribution in [0.25, 0.3) is 10.8 Å². The quantitative estimate of drug-likeness (QED) is 0.393. The molecule has 1 heterocycles. The zero-order valence-corrected chi connectivity index (χ0v) is 18.2. The van der Waals surface area contributed by atoms with Crippen molar-refractivity contribution in [3.05, 3.63) is 72.0 Å². The van der Waals surface area contributed by atoms with Crippen molar-refractivity contribution in [3.63, 3.8) is 0 Å². The van der Waals surface area contributed by atoms with Crippen molar-refractivity contribution in [2.24, 2.45) is 0 Å². The van der Waals surface area contributed by atoms with Gasteiger partial charge >= 0.3 is 0 Å². The van der Waals surface area contributed by atoms with Crippen LogP contribution in [-0.4, -0.2) is 25.7 Å². The number of rotatable bonds is 7. The third-order valence-electron chi connectivity index (χ3n) is 4.29. The molecule has 1 N–H and O–H groups in total. The molecular formula is C20H16FN3O3S3. The number of fused-ring (bicyclic) bond motifs is 1. The van der Waals surface area contributed by atoms with Gasteiger partial charge in [0.25, 0.3) is 10.0 Å². The number of nitrogens with one attached hydrogen (secondary N) is 1. The van der Waals surface area contributed by atoms with Crippen molar-refractivity contribution in [1.29, 1.82) is 0 Å². The molecule has 0 spiro atoms. The minimum Gasteiger partial charge on any atom is -0.494 e. The largest absolute Gasteiger partial charge is 0.494 e. The zero-order chi connectivity index (χ0) is 21.1. The molecule has 0 unspecified atom stereocenters. The van der Waals surface area contributed by atoms with Gasteiger partial charge in [-0.3, -0.25) is 4.72 Å². The Morgan fingerprint density at radius 1 is 1.10 bits per heavy atom. The molecule has 0 aliphatic carbocycles. The summed E-state index contributed by atoms with van der Waals surface area (Å²) in [6.45, 7) is 0. The predicted octanol–water partition coefficient (Wildman–Crippen LogP) is 4.93. The van der Waals surface area contributed by atoms with Crippen LogP contribution >= 0.6 is 23.1 Å². The summed E-state index contributed by atoms with van der Waals surface area (Å²) < 4.78 is 46.6. The Morgan fingerprint density at radius 2 is 1.90 bits per heavy atom. The number of nitrogens with zero attached hydrogens (tertiary/aromatic N) is 2. The lowest BCUT2D eigenvalue weighted by Gasteiger charge is -2.07. The van der Waals surface area contributed by atoms with Crippen LogP contribution in [0, 0.1) is 5.82 Å². The first-order valence-electron chi connectivity index (χ1n) is 8.75. The van der Waals surface area contributed by atoms with E-state index in [9.17, 15) is 12.8 Å². The number of hydrogen-bond donors (Lipinski definition) is 1. The van der Waals surface area contributed by atoms with E-state index in [-0.39, 0.29) is 15.8 Å². The van der Waals surface area contributed by atoms with Crippen molar-refractivity contribution in [2.75, 3.05) is 11.8 Å². The van der Waals surface area contributed by atoms with E-state index in [0.29, 0.717) is 10.1 Å². The van der Waals surface area contributed by atoms with Gasteiger partial charge in [0.05, 0.1) is 12.0 Å². The highest BCUT2D eigenvalue weighted by molar-refractivity contribution is 8.00. The van der Waals surface area contributed by atoms with Crippen molar-refractivity contribution in [3.8, 4) is 5.75 Å². The van der Waals surface area contributed by atoms with Crippen LogP contribution in [0.2, 0.25) is 0 Å². The maximum absolute atomic E-state index is 13.9. The molecule has 0 amide bonds. The van der Waals surface area contributed by atoms with E-state index in [1.54, 1.807) is 0 Å². The maximum Gasteiger partial charge on any atom is 0.263 e. The van der Waals surface area contributed by atoms with Gasteiger partial charge in [-0.25, -0.2) is 12.8 Å². The normalized spacial score (nSPS) is 11.5. The van der Waals surface area contributed by atoms with Gasteiger partial charge in [-0.2, -0.15) is 0 Å². The number of thioether (sulfide) groups is 1. The highest BCUT2D eigenvalue weighted by Gasteiger charge is 2.19. The first-order chi connectivity index (χ1) is 14.5. The molecule has 0 aliphatic heterocycles. The number of methoxy groups -OCH3 is 1. The Hall–Kier alpha value is -2.69. The van der Waals surface area contributed by atoms with Crippen LogP contribution in [0.1, 0.15) is 5.56 Å². The van der Waals surface area contributed by atoms with Crippen LogP contribution in [-0.2, 0) is 15.8 Å². The molecule has 4 rings (SSSR count). The minimum atomic E-state index is -3.99. The molecule has 0 radical (unpaired) electrons. The van der Waals surface area contributed by atoms with Crippen LogP contribution in [0.4, 0.5) is 9.52 Å². The second kappa shape index (κ2) is 8.58. The van der Waals surface area contributed by atoms with Crippen molar-refractivity contribution >= 4 is 49.0 Å². The zero-order valence-electron chi connectivity index (χ0n) is 15.7. The number of sulfonamides is 1. The van der Waals surface area contributed by atoms with Crippen molar-refractivity contribution in [1.82, 2.24) is 10.2 Å². The topological polar surface area (TPSA) is 81.2 Å². The van der Waals surface area contributed by atoms with Crippen LogP contribution in [0.5, 0.6) is 5.75 Å². The molecule has 4 aromatic rings. The minimum absolute atomic E-state index is 0.0306. The summed E-state index contributed by atoms with van der Waals surface area (Å²) in [5, 5.41) is 10.4. The summed E-state index contributed by atoms with van der Waals surface area (Å²) in [5.41, 5.74) is 1.16. The van der Waals surface area contributed by atoms with E-state index in [1.165, 1.54) is 36.4 Å². The lowest BCUT2D eigenvalue weighted by molar-refractivity contribution is 0.385. The van der Waals surface area contributed by atoms with E-state index in [4.69, 9.17) is 4.74 Å². The Kier molecular flexibility index (Phi) is 5.89. The van der Waals surface area contributed by atoms with E-state index >= 15 is 0 Å². The predicted molar refractivity (Wildman–Crippen MR) is 117 cm³/mol. The number of hydrogen-bond acceptors (Lipinski definition) is 7. The Balaban J connectivity index is 1.47. The summed E-state index contributed by atoms with van der Waals surface area (Å²) in [6, 6.07) is 17.7.